The lowest BCUT2D eigenvalue weighted by molar-refractivity contribution is -0.0132. The van der Waals surface area contributed by atoms with Crippen LogP contribution in [0.15, 0.2) is 30.3 Å². The molecule has 4 aliphatic rings. The first-order chi connectivity index (χ1) is 21.3. The van der Waals surface area contributed by atoms with Crippen LogP contribution in [0.3, 0.4) is 0 Å². The molecule has 1 saturated heterocycles. The van der Waals surface area contributed by atoms with Crippen LogP contribution in [0.1, 0.15) is 131 Å². The highest BCUT2D eigenvalue weighted by Crippen LogP contribution is 2.43. The molecule has 1 heterocycles. The predicted octanol–water partition coefficient (Wildman–Crippen LogP) is 9.88. The molecule has 3 fully saturated rings. The Labute approximate surface area is 259 Å². The van der Waals surface area contributed by atoms with Crippen LogP contribution in [0.25, 0.3) is 5.57 Å². The number of halogens is 4. The van der Waals surface area contributed by atoms with Crippen molar-refractivity contribution in [2.24, 2.45) is 17.8 Å². The molecule has 2 aromatic rings. The Hall–Kier alpha value is -2.22. The number of epoxide rings is 1. The minimum absolute atomic E-state index is 0.00540. The van der Waals surface area contributed by atoms with E-state index in [1.165, 1.54) is 0 Å². The van der Waals surface area contributed by atoms with Gasteiger partial charge in [0.25, 0.3) is 0 Å². The van der Waals surface area contributed by atoms with E-state index < -0.39 is 29.4 Å². The van der Waals surface area contributed by atoms with Gasteiger partial charge >= 0.3 is 0 Å². The highest BCUT2D eigenvalue weighted by molar-refractivity contribution is 5.67. The van der Waals surface area contributed by atoms with Crippen LogP contribution in [0, 0.1) is 41.0 Å². The van der Waals surface area contributed by atoms with Crippen LogP contribution in [0.4, 0.5) is 17.6 Å². The molecule has 3 atom stereocenters. The molecule has 2 aromatic carbocycles. The van der Waals surface area contributed by atoms with Crippen LogP contribution >= 0.6 is 0 Å². The van der Waals surface area contributed by atoms with Gasteiger partial charge in [-0.1, -0.05) is 43.7 Å². The van der Waals surface area contributed by atoms with E-state index in [-0.39, 0.29) is 23.7 Å². The maximum Gasteiger partial charge on any atom is 0.166 e. The second-order valence-electron chi connectivity index (χ2n) is 13.7. The largest absolute Gasteiger partial charge is 0.388 e. The summed E-state index contributed by atoms with van der Waals surface area (Å²) in [5, 5.41) is 10.1. The molecular formula is C37H46F4O3. The zero-order chi connectivity index (χ0) is 30.8. The molecular weight excluding hydrogens is 568 g/mol. The lowest BCUT2D eigenvalue weighted by atomic mass is 9.72. The van der Waals surface area contributed by atoms with E-state index in [4.69, 9.17) is 9.47 Å². The molecule has 3 unspecified atom stereocenters. The van der Waals surface area contributed by atoms with E-state index in [1.54, 1.807) is 24.3 Å². The Morgan fingerprint density at radius 3 is 2.18 bits per heavy atom. The number of hydrogen-bond donors (Lipinski definition) is 1. The molecule has 240 valence electrons. The zero-order valence-corrected chi connectivity index (χ0v) is 25.8. The molecule has 7 heteroatoms. The van der Waals surface area contributed by atoms with Crippen LogP contribution < -0.4 is 0 Å². The van der Waals surface area contributed by atoms with Gasteiger partial charge in [-0.15, -0.1) is 0 Å². The van der Waals surface area contributed by atoms with Gasteiger partial charge < -0.3 is 14.6 Å². The fourth-order valence-electron chi connectivity index (χ4n) is 8.04. The van der Waals surface area contributed by atoms with Gasteiger partial charge in [0.1, 0.15) is 6.10 Å². The summed E-state index contributed by atoms with van der Waals surface area (Å²) in [6.45, 7) is 3.10. The Morgan fingerprint density at radius 2 is 1.52 bits per heavy atom. The summed E-state index contributed by atoms with van der Waals surface area (Å²) >= 11 is 0. The molecule has 1 N–H and O–H groups in total. The Bertz CT molecular complexity index is 1320. The van der Waals surface area contributed by atoms with Crippen molar-refractivity contribution < 1.29 is 32.1 Å². The molecule has 0 radical (unpaired) electrons. The lowest BCUT2D eigenvalue weighted by Gasteiger charge is -2.36. The lowest BCUT2D eigenvalue weighted by Crippen LogP contribution is -2.29. The summed E-state index contributed by atoms with van der Waals surface area (Å²) < 4.78 is 70.5. The van der Waals surface area contributed by atoms with E-state index in [0.29, 0.717) is 53.9 Å². The molecule has 0 spiro atoms. The van der Waals surface area contributed by atoms with E-state index in [1.807, 2.05) is 6.92 Å². The Morgan fingerprint density at radius 1 is 0.818 bits per heavy atom. The van der Waals surface area contributed by atoms with Gasteiger partial charge in [0.15, 0.2) is 23.3 Å². The molecule has 44 heavy (non-hydrogen) atoms. The fourth-order valence-corrected chi connectivity index (χ4v) is 8.04. The van der Waals surface area contributed by atoms with Gasteiger partial charge in [-0.2, -0.15) is 0 Å². The van der Waals surface area contributed by atoms with Crippen molar-refractivity contribution in [3.05, 3.63) is 75.9 Å². The van der Waals surface area contributed by atoms with Gasteiger partial charge in [0, 0.05) is 23.3 Å². The third-order valence-corrected chi connectivity index (χ3v) is 10.9. The average molecular weight is 615 g/mol. The summed E-state index contributed by atoms with van der Waals surface area (Å²) in [4.78, 5) is 0. The van der Waals surface area contributed by atoms with Crippen molar-refractivity contribution in [2.75, 3.05) is 13.2 Å². The third kappa shape index (κ3) is 6.95. The van der Waals surface area contributed by atoms with Crippen LogP contribution in [0.2, 0.25) is 0 Å². The number of benzene rings is 2. The quantitative estimate of drug-likeness (QED) is 0.214. The molecule has 6 rings (SSSR count). The first-order valence-electron chi connectivity index (χ1n) is 16.9. The maximum absolute atomic E-state index is 14.9. The SMILES string of the molecule is CCCC(O)c1ccc(C2CCC(COC3CCC(C4CC=C(c5ccc(C6CO6)c(F)c5F)CC4)CC3)CC2)c(F)c1F. The monoisotopic (exact) mass is 614 g/mol. The van der Waals surface area contributed by atoms with E-state index in [9.17, 15) is 22.7 Å². The highest BCUT2D eigenvalue weighted by atomic mass is 19.2. The third-order valence-electron chi connectivity index (χ3n) is 10.9. The van der Waals surface area contributed by atoms with Gasteiger partial charge in [0.2, 0.25) is 0 Å². The van der Waals surface area contributed by atoms with Crippen molar-refractivity contribution in [3.63, 3.8) is 0 Å². The first-order valence-corrected chi connectivity index (χ1v) is 16.9. The summed E-state index contributed by atoms with van der Waals surface area (Å²) in [6.07, 6.45) is 12.9. The second kappa shape index (κ2) is 14.0. The van der Waals surface area contributed by atoms with E-state index in [2.05, 4.69) is 6.08 Å². The Balaban J connectivity index is 0.925. The van der Waals surface area contributed by atoms with Crippen molar-refractivity contribution in [1.29, 1.82) is 0 Å². The molecule has 0 amide bonds. The number of ether oxygens (including phenoxy) is 2. The molecule has 2 saturated carbocycles. The topological polar surface area (TPSA) is 42.0 Å². The molecule has 0 aromatic heterocycles. The van der Waals surface area contributed by atoms with Gasteiger partial charge in [-0.05, 0) is 112 Å². The van der Waals surface area contributed by atoms with Gasteiger partial charge in [0.05, 0.1) is 18.8 Å². The van der Waals surface area contributed by atoms with E-state index in [0.717, 1.165) is 82.8 Å². The normalized spacial score (nSPS) is 29.7. The summed E-state index contributed by atoms with van der Waals surface area (Å²) in [5.41, 5.74) is 2.14. The number of aliphatic hydroxyl groups is 1. The average Bonchev–Trinajstić information content (AvgIpc) is 3.89. The number of aliphatic hydroxyl groups excluding tert-OH is 1. The molecule has 3 aliphatic carbocycles. The van der Waals surface area contributed by atoms with Crippen molar-refractivity contribution in [1.82, 2.24) is 0 Å². The van der Waals surface area contributed by atoms with Gasteiger partial charge in [-0.25, -0.2) is 17.6 Å². The van der Waals surface area contributed by atoms with Crippen LogP contribution in [0.5, 0.6) is 0 Å². The summed E-state index contributed by atoms with van der Waals surface area (Å²) in [5.74, 6) is -1.53. The van der Waals surface area contributed by atoms with Crippen molar-refractivity contribution in [2.45, 2.75) is 115 Å². The zero-order valence-electron chi connectivity index (χ0n) is 25.8. The standard InChI is InChI=1S/C37H46F4O3/c1-2-3-32(42)30-18-16-28(34(38)36(30)40)25-6-4-22(5-7-25)20-43-27-14-12-24(13-15-27)23-8-10-26(11-9-23)29-17-19-31(33-21-44-33)37(41)35(29)39/h10,16-19,22-25,27,32-33,42H,2-9,11-15,20-21H2,1H3. The molecule has 3 nitrogen and oxygen atoms in total. The van der Waals surface area contributed by atoms with Crippen LogP contribution in [-0.4, -0.2) is 24.4 Å². The minimum atomic E-state index is -0.965. The maximum atomic E-state index is 14.9. The van der Waals surface area contributed by atoms with Gasteiger partial charge in [-0.3, -0.25) is 0 Å². The van der Waals surface area contributed by atoms with E-state index >= 15 is 0 Å². The fraction of sp³-hybridized carbons (Fsp3) is 0.622. The number of rotatable bonds is 10. The van der Waals surface area contributed by atoms with Crippen molar-refractivity contribution in [3.8, 4) is 0 Å². The molecule has 1 aliphatic heterocycles. The van der Waals surface area contributed by atoms with Crippen LogP contribution in [-0.2, 0) is 9.47 Å². The number of allylic oxidation sites excluding steroid dienone is 2. The smallest absolute Gasteiger partial charge is 0.166 e. The summed E-state index contributed by atoms with van der Waals surface area (Å²) in [7, 11) is 0. The highest BCUT2D eigenvalue weighted by Gasteiger charge is 2.33. The minimum Gasteiger partial charge on any atom is -0.388 e. The number of hydrogen-bond acceptors (Lipinski definition) is 3. The predicted molar refractivity (Wildman–Crippen MR) is 163 cm³/mol. The Kier molecular flexibility index (Phi) is 10.1. The second-order valence-corrected chi connectivity index (χ2v) is 13.7. The summed E-state index contributed by atoms with van der Waals surface area (Å²) in [6, 6.07) is 6.63. The van der Waals surface area contributed by atoms with Crippen molar-refractivity contribution >= 4 is 5.57 Å². The first kappa shape index (κ1) is 31.7. The molecule has 0 bridgehead atoms.